The molecule has 0 saturated carbocycles. The molecule has 19 heavy (non-hydrogen) atoms. The van der Waals surface area contributed by atoms with Crippen LogP contribution in [0.1, 0.15) is 50.8 Å². The number of fused-ring (bicyclic) bond motifs is 1. The molecular weight excluding hydrogens is 236 g/mol. The van der Waals surface area contributed by atoms with Crippen LogP contribution in [0.15, 0.2) is 24.3 Å². The van der Waals surface area contributed by atoms with E-state index in [0.29, 0.717) is 6.42 Å². The largest absolute Gasteiger partial charge is 0.370 e. The molecule has 0 aromatic heterocycles. The molecule has 3 N–H and O–H groups in total. The summed E-state index contributed by atoms with van der Waals surface area (Å²) in [5.74, 6) is -0.248. The van der Waals surface area contributed by atoms with Crippen molar-refractivity contribution >= 4 is 5.91 Å². The third-order valence-electron chi connectivity index (χ3n) is 4.14. The van der Waals surface area contributed by atoms with Crippen LogP contribution in [0.5, 0.6) is 0 Å². The number of aryl methyl sites for hydroxylation is 1. The number of hydrogen-bond donors (Lipinski definition) is 2. The van der Waals surface area contributed by atoms with Gasteiger partial charge in [-0.25, -0.2) is 0 Å². The van der Waals surface area contributed by atoms with E-state index in [2.05, 4.69) is 43.4 Å². The van der Waals surface area contributed by atoms with Crippen LogP contribution in [0.3, 0.4) is 0 Å². The van der Waals surface area contributed by atoms with Crippen molar-refractivity contribution in [3.05, 3.63) is 35.4 Å². The van der Waals surface area contributed by atoms with E-state index in [1.165, 1.54) is 11.1 Å². The Morgan fingerprint density at radius 3 is 2.84 bits per heavy atom. The van der Waals surface area contributed by atoms with Gasteiger partial charge < -0.3 is 11.1 Å². The number of primary amides is 1. The number of rotatable bonds is 4. The minimum Gasteiger partial charge on any atom is -0.370 e. The molecule has 1 aromatic rings. The molecule has 1 aromatic carbocycles. The first-order chi connectivity index (χ1) is 8.90. The lowest BCUT2D eigenvalue weighted by Gasteiger charge is -2.42. The molecule has 3 heteroatoms. The van der Waals surface area contributed by atoms with E-state index in [1.54, 1.807) is 0 Å². The summed E-state index contributed by atoms with van der Waals surface area (Å²) in [6.45, 7) is 6.60. The molecule has 0 heterocycles. The number of benzene rings is 1. The zero-order valence-electron chi connectivity index (χ0n) is 12.1. The second kappa shape index (κ2) is 5.33. The summed E-state index contributed by atoms with van der Waals surface area (Å²) in [6.07, 6.45) is 2.67. The fourth-order valence-corrected chi connectivity index (χ4v) is 3.03. The van der Waals surface area contributed by atoms with Gasteiger partial charge in [-0.05, 0) is 36.3 Å². The van der Waals surface area contributed by atoms with Gasteiger partial charge in [0.1, 0.15) is 0 Å². The molecule has 0 bridgehead atoms. The number of carbonyl (C=O) groups is 1. The zero-order chi connectivity index (χ0) is 14.0. The second-order valence-corrected chi connectivity index (χ2v) is 6.36. The van der Waals surface area contributed by atoms with Crippen LogP contribution in [-0.4, -0.2) is 11.9 Å². The van der Waals surface area contributed by atoms with Gasteiger partial charge >= 0.3 is 0 Å². The Labute approximate surface area is 115 Å². The van der Waals surface area contributed by atoms with Crippen molar-refractivity contribution in [3.8, 4) is 0 Å². The molecule has 1 aliphatic carbocycles. The fourth-order valence-electron chi connectivity index (χ4n) is 3.03. The number of nitrogens with two attached hydrogens (primary N) is 1. The van der Waals surface area contributed by atoms with Gasteiger partial charge in [-0.15, -0.1) is 0 Å². The van der Waals surface area contributed by atoms with E-state index < -0.39 is 0 Å². The standard InChI is InChI=1S/C16H24N2O/c1-11(10-14(17)19)18-15-13-7-5-4-6-12(13)8-9-16(15,2)3/h4-7,11,15,18H,8-10H2,1-3H3,(H2,17,19). The van der Waals surface area contributed by atoms with E-state index in [0.717, 1.165) is 12.8 Å². The topological polar surface area (TPSA) is 55.1 Å². The molecule has 0 spiro atoms. The Kier molecular flexibility index (Phi) is 3.95. The molecule has 2 unspecified atom stereocenters. The molecule has 2 rings (SSSR count). The molecular formula is C16H24N2O. The first-order valence-corrected chi connectivity index (χ1v) is 7.02. The monoisotopic (exact) mass is 260 g/mol. The molecule has 3 nitrogen and oxygen atoms in total. The Morgan fingerprint density at radius 2 is 2.16 bits per heavy atom. The summed E-state index contributed by atoms with van der Waals surface area (Å²) in [4.78, 5) is 11.0. The van der Waals surface area contributed by atoms with Gasteiger partial charge in [-0.1, -0.05) is 38.1 Å². The van der Waals surface area contributed by atoms with Gasteiger partial charge in [0.15, 0.2) is 0 Å². The number of amides is 1. The average molecular weight is 260 g/mol. The van der Waals surface area contributed by atoms with Crippen LogP contribution in [-0.2, 0) is 11.2 Å². The summed E-state index contributed by atoms with van der Waals surface area (Å²) in [5, 5.41) is 3.60. The van der Waals surface area contributed by atoms with Crippen LogP contribution in [0.4, 0.5) is 0 Å². The second-order valence-electron chi connectivity index (χ2n) is 6.36. The molecule has 1 aliphatic rings. The highest BCUT2D eigenvalue weighted by Gasteiger charge is 2.36. The highest BCUT2D eigenvalue weighted by atomic mass is 16.1. The number of hydrogen-bond acceptors (Lipinski definition) is 2. The van der Waals surface area contributed by atoms with Crippen molar-refractivity contribution in [1.29, 1.82) is 0 Å². The third kappa shape index (κ3) is 3.16. The van der Waals surface area contributed by atoms with E-state index in [-0.39, 0.29) is 23.4 Å². The molecule has 0 saturated heterocycles. The van der Waals surface area contributed by atoms with Crippen LogP contribution < -0.4 is 11.1 Å². The summed E-state index contributed by atoms with van der Waals surface area (Å²) in [5.41, 5.74) is 8.27. The molecule has 104 valence electrons. The molecule has 0 fully saturated rings. The number of carbonyl (C=O) groups excluding carboxylic acids is 1. The maximum absolute atomic E-state index is 11.0. The van der Waals surface area contributed by atoms with Crippen LogP contribution in [0.25, 0.3) is 0 Å². The van der Waals surface area contributed by atoms with E-state index in [1.807, 2.05) is 6.92 Å². The van der Waals surface area contributed by atoms with Crippen molar-refractivity contribution in [2.45, 2.75) is 52.1 Å². The minimum absolute atomic E-state index is 0.105. The van der Waals surface area contributed by atoms with Crippen molar-refractivity contribution in [2.75, 3.05) is 0 Å². The quantitative estimate of drug-likeness (QED) is 0.874. The smallest absolute Gasteiger partial charge is 0.218 e. The lowest BCUT2D eigenvalue weighted by atomic mass is 9.70. The fraction of sp³-hybridized carbons (Fsp3) is 0.562. The molecule has 0 aliphatic heterocycles. The highest BCUT2D eigenvalue weighted by molar-refractivity contribution is 5.74. The first kappa shape index (κ1) is 14.1. The van der Waals surface area contributed by atoms with Gasteiger partial charge in [0, 0.05) is 18.5 Å². The zero-order valence-corrected chi connectivity index (χ0v) is 12.1. The van der Waals surface area contributed by atoms with E-state index in [9.17, 15) is 4.79 Å². The van der Waals surface area contributed by atoms with Crippen molar-refractivity contribution in [2.24, 2.45) is 11.1 Å². The van der Waals surface area contributed by atoms with Gasteiger partial charge in [-0.3, -0.25) is 4.79 Å². The van der Waals surface area contributed by atoms with Gasteiger partial charge in [0.25, 0.3) is 0 Å². The lowest BCUT2D eigenvalue weighted by molar-refractivity contribution is -0.118. The minimum atomic E-state index is -0.248. The summed E-state index contributed by atoms with van der Waals surface area (Å²) >= 11 is 0. The predicted octanol–water partition coefficient (Wildman–Crippen LogP) is 2.55. The first-order valence-electron chi connectivity index (χ1n) is 7.02. The summed E-state index contributed by atoms with van der Waals surface area (Å²) in [6, 6.07) is 8.98. The maximum Gasteiger partial charge on any atom is 0.218 e. The van der Waals surface area contributed by atoms with Crippen LogP contribution in [0.2, 0.25) is 0 Å². The Bertz CT molecular complexity index is 468. The van der Waals surface area contributed by atoms with Crippen molar-refractivity contribution < 1.29 is 4.79 Å². The molecule has 2 atom stereocenters. The van der Waals surface area contributed by atoms with Gasteiger partial charge in [-0.2, -0.15) is 0 Å². The van der Waals surface area contributed by atoms with Crippen molar-refractivity contribution in [1.82, 2.24) is 5.32 Å². The SMILES string of the molecule is CC(CC(N)=O)NC1c2ccccc2CCC1(C)C. The Hall–Kier alpha value is -1.35. The average Bonchev–Trinajstić information content (AvgIpc) is 2.32. The third-order valence-corrected chi connectivity index (χ3v) is 4.14. The van der Waals surface area contributed by atoms with Gasteiger partial charge in [0.05, 0.1) is 0 Å². The van der Waals surface area contributed by atoms with Gasteiger partial charge in [0.2, 0.25) is 5.91 Å². The Balaban J connectivity index is 2.23. The summed E-state index contributed by atoms with van der Waals surface area (Å²) in [7, 11) is 0. The van der Waals surface area contributed by atoms with Crippen LogP contribution >= 0.6 is 0 Å². The Morgan fingerprint density at radius 1 is 1.47 bits per heavy atom. The van der Waals surface area contributed by atoms with Crippen molar-refractivity contribution in [3.63, 3.8) is 0 Å². The predicted molar refractivity (Wildman–Crippen MR) is 77.7 cm³/mol. The van der Waals surface area contributed by atoms with E-state index >= 15 is 0 Å². The van der Waals surface area contributed by atoms with Crippen LogP contribution in [0, 0.1) is 5.41 Å². The number of nitrogens with one attached hydrogen (secondary N) is 1. The molecule has 1 amide bonds. The molecule has 0 radical (unpaired) electrons. The normalized spacial score (nSPS) is 22.6. The lowest BCUT2D eigenvalue weighted by Crippen LogP contribution is -2.43. The highest BCUT2D eigenvalue weighted by Crippen LogP contribution is 2.43. The maximum atomic E-state index is 11.0. The van der Waals surface area contributed by atoms with E-state index in [4.69, 9.17) is 5.73 Å². The summed E-state index contributed by atoms with van der Waals surface area (Å²) < 4.78 is 0.